The summed E-state index contributed by atoms with van der Waals surface area (Å²) in [4.78, 5) is 29.9. The summed E-state index contributed by atoms with van der Waals surface area (Å²) in [5.41, 5.74) is 1.27. The number of carbonyl (C=O) groups is 2. The molecule has 1 aromatic heterocycles. The van der Waals surface area contributed by atoms with Crippen LogP contribution in [0.5, 0.6) is 0 Å². The van der Waals surface area contributed by atoms with Crippen molar-refractivity contribution in [1.29, 1.82) is 0 Å². The third-order valence-corrected chi connectivity index (χ3v) is 5.72. The molecule has 2 N–H and O–H groups in total. The van der Waals surface area contributed by atoms with Crippen molar-refractivity contribution in [3.8, 4) is 0 Å². The van der Waals surface area contributed by atoms with E-state index in [0.717, 1.165) is 38.8 Å². The SMILES string of the molecule is O=C(CCCN1CCC[C@H]1c1cccnc1)N[C@H]1CC[C@H](C(=O)O)CC1. The number of pyridine rings is 1. The van der Waals surface area contributed by atoms with Crippen LogP contribution in [0, 0.1) is 5.92 Å². The van der Waals surface area contributed by atoms with E-state index in [1.54, 1.807) is 6.20 Å². The van der Waals surface area contributed by atoms with Gasteiger partial charge in [-0.3, -0.25) is 19.5 Å². The number of hydrogen-bond acceptors (Lipinski definition) is 4. The molecule has 2 aliphatic rings. The summed E-state index contributed by atoms with van der Waals surface area (Å²) in [6.07, 6.45) is 10.4. The topological polar surface area (TPSA) is 82.5 Å². The van der Waals surface area contributed by atoms with Gasteiger partial charge in [0.05, 0.1) is 5.92 Å². The predicted octanol–water partition coefficient (Wildman–Crippen LogP) is 2.76. The van der Waals surface area contributed by atoms with Gasteiger partial charge in [0.25, 0.3) is 0 Å². The van der Waals surface area contributed by atoms with Crippen molar-refractivity contribution in [3.05, 3.63) is 30.1 Å². The molecule has 1 aliphatic carbocycles. The van der Waals surface area contributed by atoms with Crippen LogP contribution in [0.25, 0.3) is 0 Å². The van der Waals surface area contributed by atoms with Gasteiger partial charge in [0.15, 0.2) is 0 Å². The molecule has 3 rings (SSSR count). The van der Waals surface area contributed by atoms with Crippen LogP contribution in [0.15, 0.2) is 24.5 Å². The lowest BCUT2D eigenvalue weighted by Crippen LogP contribution is -2.39. The van der Waals surface area contributed by atoms with Crippen LogP contribution in [0.1, 0.15) is 63.0 Å². The fourth-order valence-corrected chi connectivity index (χ4v) is 4.27. The summed E-state index contributed by atoms with van der Waals surface area (Å²) in [7, 11) is 0. The molecule has 1 saturated carbocycles. The van der Waals surface area contributed by atoms with Crippen LogP contribution in [0.2, 0.25) is 0 Å². The lowest BCUT2D eigenvalue weighted by molar-refractivity contribution is -0.142. The van der Waals surface area contributed by atoms with E-state index in [1.807, 2.05) is 12.3 Å². The molecule has 6 heteroatoms. The Labute approximate surface area is 155 Å². The van der Waals surface area contributed by atoms with E-state index in [4.69, 9.17) is 5.11 Å². The molecule has 142 valence electrons. The van der Waals surface area contributed by atoms with Crippen molar-refractivity contribution in [2.24, 2.45) is 5.92 Å². The summed E-state index contributed by atoms with van der Waals surface area (Å²) < 4.78 is 0. The van der Waals surface area contributed by atoms with E-state index >= 15 is 0 Å². The monoisotopic (exact) mass is 359 g/mol. The Morgan fingerprint density at radius 1 is 1.23 bits per heavy atom. The van der Waals surface area contributed by atoms with Gasteiger partial charge in [-0.05, 0) is 69.7 Å². The van der Waals surface area contributed by atoms with Crippen LogP contribution in [0.3, 0.4) is 0 Å². The Kier molecular flexibility index (Phi) is 6.61. The first kappa shape index (κ1) is 18.8. The Morgan fingerprint density at radius 2 is 2.04 bits per heavy atom. The minimum atomic E-state index is -0.705. The smallest absolute Gasteiger partial charge is 0.306 e. The van der Waals surface area contributed by atoms with Gasteiger partial charge in [0, 0.05) is 30.9 Å². The molecule has 1 aromatic rings. The highest BCUT2D eigenvalue weighted by atomic mass is 16.4. The molecule has 26 heavy (non-hydrogen) atoms. The van der Waals surface area contributed by atoms with Crippen LogP contribution in [0.4, 0.5) is 0 Å². The first-order valence-electron chi connectivity index (χ1n) is 9.79. The van der Waals surface area contributed by atoms with E-state index in [1.165, 1.54) is 12.0 Å². The number of carboxylic acid groups (broad SMARTS) is 1. The van der Waals surface area contributed by atoms with Crippen molar-refractivity contribution in [1.82, 2.24) is 15.2 Å². The second kappa shape index (κ2) is 9.12. The fourth-order valence-electron chi connectivity index (χ4n) is 4.27. The first-order valence-corrected chi connectivity index (χ1v) is 9.79. The normalized spacial score (nSPS) is 26.5. The molecule has 1 aliphatic heterocycles. The van der Waals surface area contributed by atoms with Gasteiger partial charge >= 0.3 is 5.97 Å². The standard InChI is InChI=1S/C20H29N3O3/c24-19(22-17-9-7-15(8-10-17)20(25)26)6-3-13-23-12-2-5-18(23)16-4-1-11-21-14-16/h1,4,11,14-15,17-18H,2-3,5-10,12-13H2,(H,22,24)(H,25,26)/t15-,17-,18-/m0/s1. The fraction of sp³-hybridized carbons (Fsp3) is 0.650. The number of nitrogens with zero attached hydrogens (tertiary/aromatic N) is 2. The average molecular weight is 359 g/mol. The zero-order chi connectivity index (χ0) is 18.4. The number of hydrogen-bond donors (Lipinski definition) is 2. The molecule has 0 spiro atoms. The zero-order valence-corrected chi connectivity index (χ0v) is 15.3. The maximum Gasteiger partial charge on any atom is 0.306 e. The molecule has 1 atom stereocenters. The van der Waals surface area contributed by atoms with Crippen molar-refractivity contribution in [2.45, 2.75) is 63.5 Å². The van der Waals surface area contributed by atoms with Crippen LogP contribution in [-0.2, 0) is 9.59 Å². The third-order valence-electron chi connectivity index (χ3n) is 5.72. The Bertz CT molecular complexity index is 600. The van der Waals surface area contributed by atoms with Gasteiger partial charge in [0.1, 0.15) is 0 Å². The highest BCUT2D eigenvalue weighted by molar-refractivity contribution is 5.76. The molecular formula is C20H29N3O3. The third kappa shape index (κ3) is 5.04. The molecule has 0 unspecified atom stereocenters. The molecule has 0 aromatic carbocycles. The summed E-state index contributed by atoms with van der Waals surface area (Å²) in [6, 6.07) is 4.69. The van der Waals surface area contributed by atoms with Gasteiger partial charge < -0.3 is 10.4 Å². The molecule has 0 bridgehead atoms. The van der Waals surface area contributed by atoms with Gasteiger partial charge in [-0.15, -0.1) is 0 Å². The maximum absolute atomic E-state index is 12.2. The van der Waals surface area contributed by atoms with Crippen molar-refractivity contribution in [2.75, 3.05) is 13.1 Å². The van der Waals surface area contributed by atoms with E-state index in [9.17, 15) is 9.59 Å². The highest BCUT2D eigenvalue weighted by Crippen LogP contribution is 2.31. The lowest BCUT2D eigenvalue weighted by Gasteiger charge is -2.27. The number of carboxylic acids is 1. The van der Waals surface area contributed by atoms with Gasteiger partial charge in [-0.1, -0.05) is 6.07 Å². The minimum absolute atomic E-state index is 0.0981. The molecule has 6 nitrogen and oxygen atoms in total. The Hall–Kier alpha value is -1.95. The lowest BCUT2D eigenvalue weighted by atomic mass is 9.86. The Morgan fingerprint density at radius 3 is 2.73 bits per heavy atom. The second-order valence-electron chi connectivity index (χ2n) is 7.54. The molecule has 2 heterocycles. The van der Waals surface area contributed by atoms with Crippen molar-refractivity contribution in [3.63, 3.8) is 0 Å². The molecular weight excluding hydrogens is 330 g/mol. The summed E-state index contributed by atoms with van der Waals surface area (Å²) >= 11 is 0. The van der Waals surface area contributed by atoms with E-state index in [-0.39, 0.29) is 17.9 Å². The number of aromatic nitrogens is 1. The number of nitrogens with one attached hydrogen (secondary N) is 1. The number of carbonyl (C=O) groups excluding carboxylic acids is 1. The van der Waals surface area contributed by atoms with Crippen LogP contribution >= 0.6 is 0 Å². The van der Waals surface area contributed by atoms with E-state index < -0.39 is 5.97 Å². The van der Waals surface area contributed by atoms with E-state index in [2.05, 4.69) is 21.3 Å². The van der Waals surface area contributed by atoms with Crippen LogP contribution in [-0.4, -0.2) is 46.0 Å². The predicted molar refractivity (Wildman–Crippen MR) is 98.5 cm³/mol. The van der Waals surface area contributed by atoms with Gasteiger partial charge in [-0.25, -0.2) is 0 Å². The molecule has 1 saturated heterocycles. The molecule has 1 amide bonds. The maximum atomic E-state index is 12.2. The minimum Gasteiger partial charge on any atom is -0.481 e. The largest absolute Gasteiger partial charge is 0.481 e. The number of likely N-dealkylation sites (tertiary alicyclic amines) is 1. The number of rotatable bonds is 7. The summed E-state index contributed by atoms with van der Waals surface area (Å²) in [5, 5.41) is 12.1. The number of amides is 1. The molecule has 0 radical (unpaired) electrons. The quantitative estimate of drug-likeness (QED) is 0.782. The highest BCUT2D eigenvalue weighted by Gasteiger charge is 2.27. The van der Waals surface area contributed by atoms with Gasteiger partial charge in [0.2, 0.25) is 5.91 Å². The summed E-state index contributed by atoms with van der Waals surface area (Å²) in [5.74, 6) is -0.841. The number of aliphatic carboxylic acids is 1. The van der Waals surface area contributed by atoms with Gasteiger partial charge in [-0.2, -0.15) is 0 Å². The first-order chi connectivity index (χ1) is 12.6. The summed E-state index contributed by atoms with van der Waals surface area (Å²) in [6.45, 7) is 2.01. The van der Waals surface area contributed by atoms with Crippen molar-refractivity contribution < 1.29 is 14.7 Å². The Balaban J connectivity index is 1.37. The second-order valence-corrected chi connectivity index (χ2v) is 7.54. The molecule has 2 fully saturated rings. The zero-order valence-electron chi connectivity index (χ0n) is 15.3. The average Bonchev–Trinajstić information content (AvgIpc) is 3.11. The van der Waals surface area contributed by atoms with Crippen molar-refractivity contribution >= 4 is 11.9 Å². The van der Waals surface area contributed by atoms with Crippen LogP contribution < -0.4 is 5.32 Å². The van der Waals surface area contributed by atoms with E-state index in [0.29, 0.717) is 25.3 Å².